The molecule has 1 saturated heterocycles. The highest BCUT2D eigenvalue weighted by Gasteiger charge is 2.29. The van der Waals surface area contributed by atoms with Crippen molar-refractivity contribution >= 4 is 11.3 Å². The number of aryl methyl sites for hydroxylation is 1. The standard InChI is InChI=1S/C24H21N5O2/c1-15-3-2-4-19(27-15)24-23(17-7-10-20-21(11-17)31-14-30-20)28-22(29-24)13-26-18-8-5-16(12-25)6-9-18/h2-10,21,26H,11,13-14H2,1H3,(H,28,29). The van der Waals surface area contributed by atoms with E-state index in [2.05, 4.69) is 16.4 Å². The Hall–Kier alpha value is -3.89. The lowest BCUT2D eigenvalue weighted by atomic mass is 9.97. The van der Waals surface area contributed by atoms with Crippen molar-refractivity contribution in [2.45, 2.75) is 26.0 Å². The smallest absolute Gasteiger partial charge is 0.189 e. The highest BCUT2D eigenvalue weighted by Crippen LogP contribution is 2.35. The number of ether oxygens (including phenoxy) is 2. The minimum atomic E-state index is -0.0600. The van der Waals surface area contributed by atoms with Crippen LogP contribution in [0.5, 0.6) is 0 Å². The second kappa shape index (κ2) is 8.09. The third kappa shape index (κ3) is 3.93. The average molecular weight is 411 g/mol. The molecule has 7 nitrogen and oxygen atoms in total. The summed E-state index contributed by atoms with van der Waals surface area (Å²) >= 11 is 0. The number of anilines is 1. The summed E-state index contributed by atoms with van der Waals surface area (Å²) in [5.74, 6) is 1.68. The topological polar surface area (TPSA) is 95.9 Å². The molecular weight excluding hydrogens is 390 g/mol. The maximum absolute atomic E-state index is 8.96. The summed E-state index contributed by atoms with van der Waals surface area (Å²) in [6, 6.07) is 15.4. The van der Waals surface area contributed by atoms with Crippen molar-refractivity contribution in [3.05, 3.63) is 83.2 Å². The largest absolute Gasteiger partial charge is 0.469 e. The van der Waals surface area contributed by atoms with Crippen LogP contribution in [0.15, 0.2) is 60.4 Å². The summed E-state index contributed by atoms with van der Waals surface area (Å²) in [5, 5.41) is 12.3. The summed E-state index contributed by atoms with van der Waals surface area (Å²) in [4.78, 5) is 13.0. The van der Waals surface area contributed by atoms with Gasteiger partial charge in [0.15, 0.2) is 6.79 Å². The Bertz CT molecular complexity index is 1220. The molecule has 1 aliphatic carbocycles. The Morgan fingerprint density at radius 1 is 1.16 bits per heavy atom. The van der Waals surface area contributed by atoms with Gasteiger partial charge in [0.05, 0.1) is 35.3 Å². The first-order valence-electron chi connectivity index (χ1n) is 10.1. The van der Waals surface area contributed by atoms with Crippen LogP contribution in [0.2, 0.25) is 0 Å². The monoisotopic (exact) mass is 411 g/mol. The lowest BCUT2D eigenvalue weighted by Gasteiger charge is -2.15. The molecule has 2 aromatic heterocycles. The predicted octanol–water partition coefficient (Wildman–Crippen LogP) is 4.31. The van der Waals surface area contributed by atoms with E-state index in [0.717, 1.165) is 45.6 Å². The van der Waals surface area contributed by atoms with Crippen molar-refractivity contribution in [1.82, 2.24) is 15.0 Å². The van der Waals surface area contributed by atoms with Crippen LogP contribution in [0.3, 0.4) is 0 Å². The van der Waals surface area contributed by atoms with Gasteiger partial charge in [-0.05, 0) is 55.0 Å². The normalized spacial score (nSPS) is 17.2. The molecule has 0 spiro atoms. The number of H-pyrrole nitrogens is 1. The first-order valence-corrected chi connectivity index (χ1v) is 10.1. The first-order chi connectivity index (χ1) is 15.2. The summed E-state index contributed by atoms with van der Waals surface area (Å²) in [7, 11) is 0. The van der Waals surface area contributed by atoms with Crippen molar-refractivity contribution < 1.29 is 9.47 Å². The van der Waals surface area contributed by atoms with E-state index >= 15 is 0 Å². The van der Waals surface area contributed by atoms with Crippen LogP contribution in [-0.2, 0) is 16.0 Å². The van der Waals surface area contributed by atoms with Gasteiger partial charge in [0.25, 0.3) is 0 Å². The fourth-order valence-corrected chi connectivity index (χ4v) is 3.75. The molecule has 1 atom stereocenters. The zero-order valence-electron chi connectivity index (χ0n) is 17.1. The Kier molecular flexibility index (Phi) is 4.98. The number of imidazole rings is 1. The fraction of sp³-hybridized carbons (Fsp3) is 0.208. The maximum atomic E-state index is 8.96. The number of fused-ring (bicyclic) bond motifs is 1. The summed E-state index contributed by atoms with van der Waals surface area (Å²) in [6.07, 6.45) is 4.66. The van der Waals surface area contributed by atoms with Crippen LogP contribution in [0.4, 0.5) is 5.69 Å². The number of allylic oxidation sites excluding steroid dienone is 2. The van der Waals surface area contributed by atoms with Gasteiger partial charge in [-0.1, -0.05) is 12.1 Å². The molecule has 31 heavy (non-hydrogen) atoms. The van der Waals surface area contributed by atoms with E-state index in [4.69, 9.17) is 24.7 Å². The van der Waals surface area contributed by atoms with Crippen LogP contribution >= 0.6 is 0 Å². The van der Waals surface area contributed by atoms with E-state index in [-0.39, 0.29) is 6.10 Å². The van der Waals surface area contributed by atoms with Crippen LogP contribution in [-0.4, -0.2) is 27.8 Å². The van der Waals surface area contributed by atoms with E-state index in [1.807, 2.05) is 49.4 Å². The lowest BCUT2D eigenvalue weighted by molar-refractivity contribution is 0.0515. The van der Waals surface area contributed by atoms with Gasteiger partial charge in [-0.25, -0.2) is 4.98 Å². The molecule has 3 heterocycles. The molecule has 1 unspecified atom stereocenters. The molecule has 7 heteroatoms. The van der Waals surface area contributed by atoms with E-state index in [0.29, 0.717) is 25.3 Å². The fourth-order valence-electron chi connectivity index (χ4n) is 3.75. The number of aromatic amines is 1. The third-order valence-corrected chi connectivity index (χ3v) is 5.34. The van der Waals surface area contributed by atoms with Gasteiger partial charge >= 0.3 is 0 Å². The van der Waals surface area contributed by atoms with Gasteiger partial charge in [0.2, 0.25) is 0 Å². The van der Waals surface area contributed by atoms with E-state index in [9.17, 15) is 0 Å². The van der Waals surface area contributed by atoms with Gasteiger partial charge in [0, 0.05) is 17.8 Å². The molecule has 154 valence electrons. The van der Waals surface area contributed by atoms with Crippen molar-refractivity contribution in [2.24, 2.45) is 0 Å². The van der Waals surface area contributed by atoms with Crippen LogP contribution in [0.25, 0.3) is 17.0 Å². The summed E-state index contributed by atoms with van der Waals surface area (Å²) < 4.78 is 11.2. The van der Waals surface area contributed by atoms with Crippen molar-refractivity contribution in [2.75, 3.05) is 12.1 Å². The molecule has 5 rings (SSSR count). The summed E-state index contributed by atoms with van der Waals surface area (Å²) in [5.41, 5.74) is 6.21. The van der Waals surface area contributed by atoms with Crippen molar-refractivity contribution in [3.8, 4) is 17.5 Å². The Morgan fingerprint density at radius 2 is 2.03 bits per heavy atom. The number of rotatable bonds is 5. The number of aromatic nitrogens is 3. The number of nitrogens with one attached hydrogen (secondary N) is 2. The number of hydrogen-bond donors (Lipinski definition) is 2. The van der Waals surface area contributed by atoms with Crippen LogP contribution < -0.4 is 5.32 Å². The van der Waals surface area contributed by atoms with Crippen LogP contribution in [0.1, 0.15) is 29.2 Å². The minimum absolute atomic E-state index is 0.0600. The molecule has 2 N–H and O–H groups in total. The Labute approximate surface area is 180 Å². The molecule has 1 aliphatic heterocycles. The van der Waals surface area contributed by atoms with E-state index in [1.54, 1.807) is 12.1 Å². The van der Waals surface area contributed by atoms with Crippen molar-refractivity contribution in [1.29, 1.82) is 5.26 Å². The van der Waals surface area contributed by atoms with Gasteiger partial charge < -0.3 is 19.8 Å². The molecule has 0 bridgehead atoms. The number of hydrogen-bond acceptors (Lipinski definition) is 6. The van der Waals surface area contributed by atoms with Gasteiger partial charge in [0.1, 0.15) is 17.7 Å². The number of nitriles is 1. The predicted molar refractivity (Wildman–Crippen MR) is 117 cm³/mol. The molecule has 0 amide bonds. The summed E-state index contributed by atoms with van der Waals surface area (Å²) in [6.45, 7) is 2.79. The number of pyridine rings is 1. The van der Waals surface area contributed by atoms with Gasteiger partial charge in [-0.3, -0.25) is 4.98 Å². The molecule has 1 fully saturated rings. The third-order valence-electron chi connectivity index (χ3n) is 5.34. The van der Waals surface area contributed by atoms with Gasteiger partial charge in [-0.15, -0.1) is 0 Å². The highest BCUT2D eigenvalue weighted by atomic mass is 16.7. The SMILES string of the molecule is Cc1cccc(-c2[nH]c(CNc3ccc(C#N)cc3)nc2C2=CC=C3OCOC3C2)n1. The molecule has 1 aromatic carbocycles. The Morgan fingerprint density at radius 3 is 2.84 bits per heavy atom. The van der Waals surface area contributed by atoms with E-state index < -0.39 is 0 Å². The molecular formula is C24H21N5O2. The van der Waals surface area contributed by atoms with Crippen LogP contribution in [0, 0.1) is 18.3 Å². The zero-order valence-corrected chi connectivity index (χ0v) is 17.1. The Balaban J connectivity index is 1.46. The quantitative estimate of drug-likeness (QED) is 0.650. The first kappa shape index (κ1) is 19.1. The van der Waals surface area contributed by atoms with Crippen molar-refractivity contribution in [3.63, 3.8) is 0 Å². The lowest BCUT2D eigenvalue weighted by Crippen LogP contribution is -2.12. The number of benzene rings is 1. The van der Waals surface area contributed by atoms with E-state index in [1.165, 1.54) is 0 Å². The van der Waals surface area contributed by atoms with Gasteiger partial charge in [-0.2, -0.15) is 5.26 Å². The number of nitrogens with zero attached hydrogens (tertiary/aromatic N) is 3. The molecule has 3 aromatic rings. The average Bonchev–Trinajstić information content (AvgIpc) is 3.44. The molecule has 2 aliphatic rings. The highest BCUT2D eigenvalue weighted by molar-refractivity contribution is 5.77. The minimum Gasteiger partial charge on any atom is -0.469 e. The zero-order chi connectivity index (χ0) is 21.2. The second-order valence-electron chi connectivity index (χ2n) is 7.50. The molecule has 0 saturated carbocycles. The second-order valence-corrected chi connectivity index (χ2v) is 7.50. The maximum Gasteiger partial charge on any atom is 0.189 e. The molecule has 0 radical (unpaired) electrons.